The number of likely N-dealkylation sites (N-methyl/N-ethyl adjacent to an activating group) is 1. The van der Waals surface area contributed by atoms with Crippen molar-refractivity contribution in [1.29, 1.82) is 0 Å². The van der Waals surface area contributed by atoms with Crippen LogP contribution in [-0.4, -0.2) is 43.5 Å². The van der Waals surface area contributed by atoms with Crippen molar-refractivity contribution in [3.63, 3.8) is 0 Å². The molecule has 0 aliphatic carbocycles. The predicted molar refractivity (Wildman–Crippen MR) is 125 cm³/mol. The first-order chi connectivity index (χ1) is 14.8. The molecule has 0 unspecified atom stereocenters. The van der Waals surface area contributed by atoms with Crippen molar-refractivity contribution in [3.05, 3.63) is 58.1 Å². The van der Waals surface area contributed by atoms with Crippen LogP contribution in [0, 0.1) is 0 Å². The van der Waals surface area contributed by atoms with Gasteiger partial charge in [-0.25, -0.2) is 0 Å². The molecule has 2 aromatic rings. The summed E-state index contributed by atoms with van der Waals surface area (Å²) in [4.78, 5) is 27.2. The molecule has 1 N–H and O–H groups in total. The zero-order valence-electron chi connectivity index (χ0n) is 18.8. The fraction of sp³-hybridized carbons (Fsp3) is 0.417. The molecular weight excluding hydrogens is 460 g/mol. The van der Waals surface area contributed by atoms with Gasteiger partial charge in [0.1, 0.15) is 17.5 Å². The maximum absolute atomic E-state index is 13.2. The molecule has 0 aliphatic rings. The number of halogens is 1. The summed E-state index contributed by atoms with van der Waals surface area (Å²) in [5.74, 6) is 1.21. The normalized spacial score (nSPS) is 11.7. The molecule has 2 rings (SSSR count). The smallest absolute Gasteiger partial charge is 0.261 e. The Bertz CT molecular complexity index is 901. The lowest BCUT2D eigenvalue weighted by Crippen LogP contribution is -2.49. The van der Waals surface area contributed by atoms with Crippen molar-refractivity contribution in [2.45, 2.75) is 45.7 Å². The average Bonchev–Trinajstić information content (AvgIpc) is 2.77. The van der Waals surface area contributed by atoms with E-state index >= 15 is 0 Å². The molecule has 0 bridgehead atoms. The molecule has 6 nitrogen and oxygen atoms in total. The van der Waals surface area contributed by atoms with Crippen LogP contribution < -0.4 is 14.8 Å². The molecule has 7 heteroatoms. The van der Waals surface area contributed by atoms with E-state index in [1.165, 1.54) is 5.56 Å². The summed E-state index contributed by atoms with van der Waals surface area (Å²) in [7, 11) is 3.17. The number of carbonyl (C=O) groups excluding carboxylic acids is 2. The van der Waals surface area contributed by atoms with E-state index in [1.807, 2.05) is 49.4 Å². The second-order valence-corrected chi connectivity index (χ2v) is 8.40. The first-order valence-electron chi connectivity index (χ1n) is 10.4. The van der Waals surface area contributed by atoms with E-state index in [9.17, 15) is 9.59 Å². The van der Waals surface area contributed by atoms with Gasteiger partial charge in [-0.2, -0.15) is 0 Å². The fourth-order valence-electron chi connectivity index (χ4n) is 3.27. The van der Waals surface area contributed by atoms with Crippen LogP contribution in [0.1, 0.15) is 44.2 Å². The van der Waals surface area contributed by atoms with E-state index in [2.05, 4.69) is 35.1 Å². The van der Waals surface area contributed by atoms with Crippen molar-refractivity contribution < 1.29 is 19.1 Å². The highest BCUT2D eigenvalue weighted by Gasteiger charge is 2.28. The van der Waals surface area contributed by atoms with Crippen LogP contribution in [0.5, 0.6) is 11.5 Å². The molecule has 0 fully saturated rings. The number of hydrogen-bond acceptors (Lipinski definition) is 4. The Morgan fingerprint density at radius 1 is 1.16 bits per heavy atom. The molecule has 168 valence electrons. The topological polar surface area (TPSA) is 67.9 Å². The molecule has 0 saturated carbocycles. The number of hydrogen-bond donors (Lipinski definition) is 1. The minimum absolute atomic E-state index is 0.170. The van der Waals surface area contributed by atoms with Crippen LogP contribution in [0.3, 0.4) is 0 Å². The molecule has 0 aliphatic heterocycles. The number of rotatable bonds is 10. The quantitative estimate of drug-likeness (QED) is 0.531. The van der Waals surface area contributed by atoms with Crippen LogP contribution in [0.2, 0.25) is 0 Å². The van der Waals surface area contributed by atoms with Crippen molar-refractivity contribution in [2.75, 3.05) is 20.8 Å². The molecule has 2 amide bonds. The Labute approximate surface area is 193 Å². The van der Waals surface area contributed by atoms with Gasteiger partial charge in [-0.3, -0.25) is 9.59 Å². The van der Waals surface area contributed by atoms with E-state index < -0.39 is 6.04 Å². The van der Waals surface area contributed by atoms with Gasteiger partial charge in [-0.15, -0.1) is 0 Å². The van der Waals surface area contributed by atoms with Crippen molar-refractivity contribution in [2.24, 2.45) is 0 Å². The number of nitrogens with zero attached hydrogens (tertiary/aromatic N) is 1. The van der Waals surface area contributed by atoms with Gasteiger partial charge in [0.15, 0.2) is 6.61 Å². The average molecular weight is 491 g/mol. The fourth-order valence-corrected chi connectivity index (χ4v) is 3.78. The van der Waals surface area contributed by atoms with Gasteiger partial charge in [-0.1, -0.05) is 39.0 Å². The van der Waals surface area contributed by atoms with Gasteiger partial charge in [-0.05, 0) is 63.7 Å². The Morgan fingerprint density at radius 3 is 2.48 bits per heavy atom. The van der Waals surface area contributed by atoms with E-state index in [0.29, 0.717) is 23.8 Å². The van der Waals surface area contributed by atoms with E-state index in [0.717, 1.165) is 10.0 Å². The Morgan fingerprint density at radius 2 is 1.90 bits per heavy atom. The SMILES string of the molecule is CC[C@@H](C(=O)NC)N(Cc1cccc(OC)c1)C(=O)COc1ccc(C(C)C)cc1Br. The number of methoxy groups -OCH3 is 1. The summed E-state index contributed by atoms with van der Waals surface area (Å²) in [6.07, 6.45) is 0.488. The highest BCUT2D eigenvalue weighted by Crippen LogP contribution is 2.29. The van der Waals surface area contributed by atoms with Crippen LogP contribution in [0.25, 0.3) is 0 Å². The Kier molecular flexibility index (Phi) is 9.37. The van der Waals surface area contributed by atoms with Gasteiger partial charge in [0.2, 0.25) is 5.91 Å². The number of benzene rings is 2. The monoisotopic (exact) mass is 490 g/mol. The van der Waals surface area contributed by atoms with Gasteiger partial charge in [0.25, 0.3) is 5.91 Å². The largest absolute Gasteiger partial charge is 0.497 e. The summed E-state index contributed by atoms with van der Waals surface area (Å²) in [5, 5.41) is 2.65. The number of nitrogens with one attached hydrogen (secondary N) is 1. The maximum atomic E-state index is 13.2. The second-order valence-electron chi connectivity index (χ2n) is 7.54. The molecule has 0 saturated heterocycles. The Balaban J connectivity index is 2.22. The Hall–Kier alpha value is -2.54. The van der Waals surface area contributed by atoms with Gasteiger partial charge in [0.05, 0.1) is 11.6 Å². The van der Waals surface area contributed by atoms with Crippen molar-refractivity contribution >= 4 is 27.7 Å². The third kappa shape index (κ3) is 6.72. The van der Waals surface area contributed by atoms with Gasteiger partial charge in [0, 0.05) is 13.6 Å². The van der Waals surface area contributed by atoms with Gasteiger partial charge >= 0.3 is 0 Å². The molecule has 0 heterocycles. The minimum Gasteiger partial charge on any atom is -0.497 e. The third-order valence-corrected chi connectivity index (χ3v) is 5.71. The molecule has 0 aromatic heterocycles. The highest BCUT2D eigenvalue weighted by atomic mass is 79.9. The highest BCUT2D eigenvalue weighted by molar-refractivity contribution is 9.10. The zero-order valence-corrected chi connectivity index (χ0v) is 20.4. The van der Waals surface area contributed by atoms with E-state index in [-0.39, 0.29) is 25.0 Å². The summed E-state index contributed by atoms with van der Waals surface area (Å²) in [5.41, 5.74) is 2.05. The molecule has 1 atom stereocenters. The van der Waals surface area contributed by atoms with Crippen LogP contribution in [0.4, 0.5) is 0 Å². The second kappa shape index (κ2) is 11.7. The summed E-state index contributed by atoms with van der Waals surface area (Å²) < 4.78 is 11.9. The maximum Gasteiger partial charge on any atom is 0.261 e. The number of amides is 2. The van der Waals surface area contributed by atoms with Crippen molar-refractivity contribution in [1.82, 2.24) is 10.2 Å². The van der Waals surface area contributed by atoms with Crippen molar-refractivity contribution in [3.8, 4) is 11.5 Å². The predicted octanol–water partition coefficient (Wildman–Crippen LogP) is 4.51. The van der Waals surface area contributed by atoms with E-state index in [4.69, 9.17) is 9.47 Å². The van der Waals surface area contributed by atoms with Crippen LogP contribution in [0.15, 0.2) is 46.9 Å². The lowest BCUT2D eigenvalue weighted by Gasteiger charge is -2.30. The minimum atomic E-state index is -0.598. The molecule has 31 heavy (non-hydrogen) atoms. The molecule has 0 spiro atoms. The van der Waals surface area contributed by atoms with Gasteiger partial charge < -0.3 is 19.7 Å². The summed E-state index contributed by atoms with van der Waals surface area (Å²) in [6, 6.07) is 12.7. The molecule has 2 aromatic carbocycles. The van der Waals surface area contributed by atoms with Crippen LogP contribution in [-0.2, 0) is 16.1 Å². The first kappa shape index (κ1) is 24.7. The molecule has 0 radical (unpaired) electrons. The molecular formula is C24H31BrN2O4. The lowest BCUT2D eigenvalue weighted by molar-refractivity contribution is -0.142. The lowest BCUT2D eigenvalue weighted by atomic mass is 10.0. The van der Waals surface area contributed by atoms with E-state index in [1.54, 1.807) is 19.1 Å². The third-order valence-electron chi connectivity index (χ3n) is 5.09. The first-order valence-corrected chi connectivity index (χ1v) is 11.2. The summed E-state index contributed by atoms with van der Waals surface area (Å²) in [6.45, 7) is 6.22. The summed E-state index contributed by atoms with van der Waals surface area (Å²) >= 11 is 3.52. The number of carbonyl (C=O) groups is 2. The number of ether oxygens (including phenoxy) is 2. The zero-order chi connectivity index (χ0) is 23.0. The standard InChI is InChI=1S/C24H31BrN2O4/c1-6-21(24(29)26-4)27(14-17-8-7-9-19(12-17)30-5)23(28)15-31-22-11-10-18(16(2)3)13-20(22)25/h7-13,16,21H,6,14-15H2,1-5H3,(H,26,29)/t21-/m0/s1. The van der Waals surface area contributed by atoms with Crippen LogP contribution >= 0.6 is 15.9 Å².